The number of hydrogen-bond donors (Lipinski definition) is 0. The summed E-state index contributed by atoms with van der Waals surface area (Å²) in [7, 11) is 0. The molecule has 0 fully saturated rings. The lowest BCUT2D eigenvalue weighted by molar-refractivity contribution is -0.151. The fourth-order valence-corrected chi connectivity index (χ4v) is 2.46. The first-order chi connectivity index (χ1) is 9.53. The van der Waals surface area contributed by atoms with Gasteiger partial charge in [-0.2, -0.15) is 0 Å². The van der Waals surface area contributed by atoms with Gasteiger partial charge in [-0.25, -0.2) is 4.79 Å². The van der Waals surface area contributed by atoms with Crippen LogP contribution in [-0.4, -0.2) is 25.0 Å². The molecule has 0 saturated heterocycles. The van der Waals surface area contributed by atoms with Gasteiger partial charge in [0.1, 0.15) is 5.75 Å². The molecule has 4 nitrogen and oxygen atoms in total. The van der Waals surface area contributed by atoms with E-state index in [1.807, 2.05) is 19.9 Å². The van der Waals surface area contributed by atoms with Crippen LogP contribution in [-0.2, 0) is 9.53 Å². The van der Waals surface area contributed by atoms with Gasteiger partial charge in [-0.05, 0) is 38.0 Å². The average Bonchev–Trinajstić information content (AvgIpc) is 2.40. The second-order valence-corrected chi connectivity index (χ2v) is 5.32. The van der Waals surface area contributed by atoms with Crippen molar-refractivity contribution in [1.29, 1.82) is 0 Å². The van der Waals surface area contributed by atoms with E-state index in [1.54, 1.807) is 13.0 Å². The van der Waals surface area contributed by atoms with Crippen LogP contribution in [0.2, 0.25) is 0 Å². The zero-order valence-electron chi connectivity index (χ0n) is 11.9. The SMILES string of the molecule is CCCC(Oc1c(C)cc(Br)cc1C=O)C(=O)OCC. The topological polar surface area (TPSA) is 52.6 Å². The molecule has 0 aromatic heterocycles. The maximum atomic E-state index is 11.9. The number of aldehydes is 1. The molecule has 1 unspecified atom stereocenters. The first kappa shape index (κ1) is 16.7. The minimum atomic E-state index is -0.682. The van der Waals surface area contributed by atoms with Crippen molar-refractivity contribution in [3.8, 4) is 5.75 Å². The summed E-state index contributed by atoms with van der Waals surface area (Å²) in [6.07, 6.45) is 1.38. The van der Waals surface area contributed by atoms with E-state index in [0.717, 1.165) is 22.7 Å². The Morgan fingerprint density at radius 1 is 1.40 bits per heavy atom. The van der Waals surface area contributed by atoms with E-state index in [0.29, 0.717) is 24.3 Å². The van der Waals surface area contributed by atoms with E-state index in [4.69, 9.17) is 9.47 Å². The number of hydrogen-bond acceptors (Lipinski definition) is 4. The molecule has 0 N–H and O–H groups in total. The third-order valence-corrected chi connectivity index (χ3v) is 3.21. The van der Waals surface area contributed by atoms with Crippen LogP contribution >= 0.6 is 15.9 Å². The van der Waals surface area contributed by atoms with Gasteiger partial charge in [0.15, 0.2) is 12.4 Å². The minimum Gasteiger partial charge on any atom is -0.478 e. The van der Waals surface area contributed by atoms with Gasteiger partial charge in [0.2, 0.25) is 0 Å². The maximum Gasteiger partial charge on any atom is 0.347 e. The third-order valence-electron chi connectivity index (χ3n) is 2.76. The lowest BCUT2D eigenvalue weighted by Gasteiger charge is -2.19. The van der Waals surface area contributed by atoms with Gasteiger partial charge in [0.25, 0.3) is 0 Å². The van der Waals surface area contributed by atoms with Crippen molar-refractivity contribution in [1.82, 2.24) is 0 Å². The molecule has 0 saturated carbocycles. The number of ether oxygens (including phenoxy) is 2. The van der Waals surface area contributed by atoms with Gasteiger partial charge in [0, 0.05) is 4.47 Å². The Morgan fingerprint density at radius 3 is 2.65 bits per heavy atom. The highest BCUT2D eigenvalue weighted by Crippen LogP contribution is 2.28. The Labute approximate surface area is 127 Å². The average molecular weight is 343 g/mol. The molecular formula is C15H19BrO4. The Balaban J connectivity index is 3.04. The van der Waals surface area contributed by atoms with Gasteiger partial charge in [0.05, 0.1) is 12.2 Å². The molecule has 1 aromatic carbocycles. The molecule has 1 aromatic rings. The summed E-state index contributed by atoms with van der Waals surface area (Å²) < 4.78 is 11.6. The quantitative estimate of drug-likeness (QED) is 0.560. The van der Waals surface area contributed by atoms with Crippen molar-refractivity contribution in [2.75, 3.05) is 6.61 Å². The number of benzene rings is 1. The normalized spacial score (nSPS) is 11.8. The van der Waals surface area contributed by atoms with Crippen LogP contribution in [0.25, 0.3) is 0 Å². The molecule has 0 aliphatic rings. The van der Waals surface area contributed by atoms with Gasteiger partial charge in [-0.15, -0.1) is 0 Å². The summed E-state index contributed by atoms with van der Waals surface area (Å²) in [6.45, 7) is 5.86. The van der Waals surface area contributed by atoms with Gasteiger partial charge < -0.3 is 9.47 Å². The highest BCUT2D eigenvalue weighted by atomic mass is 79.9. The zero-order chi connectivity index (χ0) is 15.1. The molecular weight excluding hydrogens is 324 g/mol. The van der Waals surface area contributed by atoms with Crippen LogP contribution in [0.5, 0.6) is 5.75 Å². The predicted octanol–water partition coefficient (Wildman–Crippen LogP) is 3.68. The number of carbonyl (C=O) groups is 2. The van der Waals surface area contributed by atoms with E-state index in [-0.39, 0.29) is 0 Å². The molecule has 20 heavy (non-hydrogen) atoms. The van der Waals surface area contributed by atoms with Crippen LogP contribution in [0.3, 0.4) is 0 Å². The number of halogens is 1. The van der Waals surface area contributed by atoms with Crippen molar-refractivity contribution < 1.29 is 19.1 Å². The predicted molar refractivity (Wildman–Crippen MR) is 80.2 cm³/mol. The molecule has 0 aliphatic heterocycles. The van der Waals surface area contributed by atoms with E-state index < -0.39 is 12.1 Å². The van der Waals surface area contributed by atoms with E-state index in [1.165, 1.54) is 0 Å². The van der Waals surface area contributed by atoms with Crippen LogP contribution in [0.1, 0.15) is 42.6 Å². The second-order valence-electron chi connectivity index (χ2n) is 4.41. The highest BCUT2D eigenvalue weighted by Gasteiger charge is 2.23. The molecule has 0 heterocycles. The Bertz CT molecular complexity index is 485. The molecule has 5 heteroatoms. The summed E-state index contributed by atoms with van der Waals surface area (Å²) in [5.74, 6) is 0.0446. The first-order valence-corrected chi connectivity index (χ1v) is 7.41. The fourth-order valence-electron chi connectivity index (χ4n) is 1.87. The van der Waals surface area contributed by atoms with E-state index in [9.17, 15) is 9.59 Å². The molecule has 0 aliphatic carbocycles. The van der Waals surface area contributed by atoms with Crippen molar-refractivity contribution in [2.24, 2.45) is 0 Å². The van der Waals surface area contributed by atoms with Crippen molar-refractivity contribution in [2.45, 2.75) is 39.7 Å². The summed E-state index contributed by atoms with van der Waals surface area (Å²) in [6, 6.07) is 3.51. The lowest BCUT2D eigenvalue weighted by Crippen LogP contribution is -2.30. The van der Waals surface area contributed by atoms with E-state index in [2.05, 4.69) is 15.9 Å². The maximum absolute atomic E-state index is 11.9. The van der Waals surface area contributed by atoms with Crippen LogP contribution < -0.4 is 4.74 Å². The third kappa shape index (κ3) is 4.34. The lowest BCUT2D eigenvalue weighted by atomic mass is 10.1. The van der Waals surface area contributed by atoms with Crippen LogP contribution in [0.4, 0.5) is 0 Å². The van der Waals surface area contributed by atoms with Gasteiger partial charge in [-0.3, -0.25) is 4.79 Å². The van der Waals surface area contributed by atoms with Gasteiger partial charge in [-0.1, -0.05) is 29.3 Å². The Hall–Kier alpha value is -1.36. The molecule has 0 spiro atoms. The zero-order valence-corrected chi connectivity index (χ0v) is 13.5. The molecule has 1 rings (SSSR count). The summed E-state index contributed by atoms with van der Waals surface area (Å²) >= 11 is 3.33. The summed E-state index contributed by atoms with van der Waals surface area (Å²) in [5.41, 5.74) is 1.22. The minimum absolute atomic E-state index is 0.308. The smallest absolute Gasteiger partial charge is 0.347 e. The number of aryl methyl sites for hydroxylation is 1. The van der Waals surface area contributed by atoms with Gasteiger partial charge >= 0.3 is 5.97 Å². The standard InChI is InChI=1S/C15H19BrO4/c1-4-6-13(15(18)19-5-2)20-14-10(3)7-12(16)8-11(14)9-17/h7-9,13H,4-6H2,1-3H3. The molecule has 0 amide bonds. The van der Waals surface area contributed by atoms with Crippen LogP contribution in [0, 0.1) is 6.92 Å². The van der Waals surface area contributed by atoms with Crippen molar-refractivity contribution >= 4 is 28.2 Å². The monoisotopic (exact) mass is 342 g/mol. The summed E-state index contributed by atoms with van der Waals surface area (Å²) in [5, 5.41) is 0. The largest absolute Gasteiger partial charge is 0.478 e. The Morgan fingerprint density at radius 2 is 2.10 bits per heavy atom. The highest BCUT2D eigenvalue weighted by molar-refractivity contribution is 9.10. The summed E-state index contributed by atoms with van der Waals surface area (Å²) in [4.78, 5) is 23.0. The second kappa shape index (κ2) is 8.04. The molecule has 1 atom stereocenters. The fraction of sp³-hybridized carbons (Fsp3) is 0.467. The number of rotatable bonds is 7. The Kier molecular flexibility index (Phi) is 6.71. The molecule has 110 valence electrons. The van der Waals surface area contributed by atoms with Crippen LogP contribution in [0.15, 0.2) is 16.6 Å². The molecule has 0 bridgehead atoms. The van der Waals surface area contributed by atoms with Crippen molar-refractivity contribution in [3.63, 3.8) is 0 Å². The number of esters is 1. The number of carbonyl (C=O) groups excluding carboxylic acids is 2. The first-order valence-electron chi connectivity index (χ1n) is 6.62. The van der Waals surface area contributed by atoms with E-state index >= 15 is 0 Å². The van der Waals surface area contributed by atoms with Crippen molar-refractivity contribution in [3.05, 3.63) is 27.7 Å². The molecule has 0 radical (unpaired) electrons.